The Bertz CT molecular complexity index is 382. The topological polar surface area (TPSA) is 21.3 Å². The summed E-state index contributed by atoms with van der Waals surface area (Å²) in [5.41, 5.74) is 0.447. The van der Waals surface area contributed by atoms with Gasteiger partial charge >= 0.3 is 6.18 Å². The maximum atomic E-state index is 11.9. The zero-order valence-electron chi connectivity index (χ0n) is 8.16. The van der Waals surface area contributed by atoms with Crippen molar-refractivity contribution in [1.29, 1.82) is 0 Å². The van der Waals surface area contributed by atoms with Gasteiger partial charge in [0.05, 0.1) is 15.7 Å². The molecule has 1 aromatic rings. The normalized spacial score (nSPS) is 11.4. The average molecular weight is 274 g/mol. The van der Waals surface area contributed by atoms with Gasteiger partial charge in [-0.05, 0) is 6.07 Å². The highest BCUT2D eigenvalue weighted by Gasteiger charge is 2.28. The third kappa shape index (κ3) is 3.64. The first kappa shape index (κ1) is 13.3. The first-order chi connectivity index (χ1) is 7.33. The second kappa shape index (κ2) is 5.01. The third-order valence-corrected chi connectivity index (χ3v) is 2.29. The SMILES string of the molecule is CNc1cc(OCC(F)(F)F)c(Cl)cc1Cl. The summed E-state index contributed by atoms with van der Waals surface area (Å²) in [7, 11) is 1.59. The Morgan fingerprint density at radius 1 is 1.25 bits per heavy atom. The molecule has 7 heteroatoms. The largest absolute Gasteiger partial charge is 0.482 e. The number of anilines is 1. The first-order valence-electron chi connectivity index (χ1n) is 4.20. The van der Waals surface area contributed by atoms with Crippen molar-refractivity contribution in [2.24, 2.45) is 0 Å². The molecule has 0 heterocycles. The van der Waals surface area contributed by atoms with Crippen LogP contribution in [-0.4, -0.2) is 19.8 Å². The molecule has 90 valence electrons. The highest BCUT2D eigenvalue weighted by atomic mass is 35.5. The molecule has 0 amide bonds. The lowest BCUT2D eigenvalue weighted by Gasteiger charge is -2.12. The summed E-state index contributed by atoms with van der Waals surface area (Å²) < 4.78 is 40.3. The molecule has 16 heavy (non-hydrogen) atoms. The van der Waals surface area contributed by atoms with Crippen LogP contribution in [0.25, 0.3) is 0 Å². The molecule has 0 atom stereocenters. The van der Waals surface area contributed by atoms with Gasteiger partial charge in [0.2, 0.25) is 0 Å². The van der Waals surface area contributed by atoms with Crippen LogP contribution in [0.2, 0.25) is 10.0 Å². The van der Waals surface area contributed by atoms with Crippen LogP contribution >= 0.6 is 23.2 Å². The van der Waals surface area contributed by atoms with Crippen molar-refractivity contribution in [2.75, 3.05) is 19.0 Å². The molecule has 1 N–H and O–H groups in total. The van der Waals surface area contributed by atoms with Gasteiger partial charge < -0.3 is 10.1 Å². The Morgan fingerprint density at radius 3 is 2.38 bits per heavy atom. The van der Waals surface area contributed by atoms with E-state index in [0.717, 1.165) is 0 Å². The Balaban J connectivity index is 2.88. The van der Waals surface area contributed by atoms with Crippen molar-refractivity contribution in [2.45, 2.75) is 6.18 Å². The predicted molar refractivity (Wildman–Crippen MR) is 57.6 cm³/mol. The van der Waals surface area contributed by atoms with Crippen LogP contribution < -0.4 is 10.1 Å². The quantitative estimate of drug-likeness (QED) is 0.900. The summed E-state index contributed by atoms with van der Waals surface area (Å²) in [6, 6.07) is 2.64. The standard InChI is InChI=1S/C9H8Cl2F3NO/c1-15-7-3-8(6(11)2-5(7)10)16-4-9(12,13)14/h2-3,15H,4H2,1H3. The van der Waals surface area contributed by atoms with E-state index in [1.54, 1.807) is 7.05 Å². The zero-order chi connectivity index (χ0) is 12.3. The van der Waals surface area contributed by atoms with E-state index in [1.165, 1.54) is 12.1 Å². The number of alkyl halides is 3. The van der Waals surface area contributed by atoms with Crippen LogP contribution in [0.4, 0.5) is 18.9 Å². The van der Waals surface area contributed by atoms with Gasteiger partial charge in [-0.1, -0.05) is 23.2 Å². The fraction of sp³-hybridized carbons (Fsp3) is 0.333. The van der Waals surface area contributed by atoms with E-state index in [9.17, 15) is 13.2 Å². The van der Waals surface area contributed by atoms with Crippen molar-refractivity contribution in [3.8, 4) is 5.75 Å². The van der Waals surface area contributed by atoms with Crippen molar-refractivity contribution in [3.05, 3.63) is 22.2 Å². The molecule has 0 saturated carbocycles. The van der Waals surface area contributed by atoms with E-state index < -0.39 is 12.8 Å². The van der Waals surface area contributed by atoms with Crippen LogP contribution in [0.1, 0.15) is 0 Å². The Kier molecular flexibility index (Phi) is 4.15. The minimum atomic E-state index is -4.40. The maximum absolute atomic E-state index is 11.9. The van der Waals surface area contributed by atoms with Crippen LogP contribution in [0.3, 0.4) is 0 Å². The molecule has 0 aliphatic rings. The zero-order valence-corrected chi connectivity index (χ0v) is 9.67. The molecule has 0 aliphatic carbocycles. The summed E-state index contributed by atoms with van der Waals surface area (Å²) in [5, 5.41) is 3.06. The van der Waals surface area contributed by atoms with Crippen LogP contribution in [-0.2, 0) is 0 Å². The monoisotopic (exact) mass is 273 g/mol. The van der Waals surface area contributed by atoms with E-state index in [0.29, 0.717) is 10.7 Å². The summed E-state index contributed by atoms with van der Waals surface area (Å²) >= 11 is 11.4. The van der Waals surface area contributed by atoms with Gasteiger partial charge in [0.1, 0.15) is 5.75 Å². The molecule has 2 nitrogen and oxygen atoms in total. The molecular weight excluding hydrogens is 266 g/mol. The number of hydrogen-bond acceptors (Lipinski definition) is 2. The second-order valence-electron chi connectivity index (χ2n) is 2.92. The number of halogens is 5. The fourth-order valence-electron chi connectivity index (χ4n) is 0.991. The fourth-order valence-corrected chi connectivity index (χ4v) is 1.52. The lowest BCUT2D eigenvalue weighted by Crippen LogP contribution is -2.19. The summed E-state index contributed by atoms with van der Waals surface area (Å²) in [4.78, 5) is 0. The first-order valence-corrected chi connectivity index (χ1v) is 4.95. The molecule has 0 fully saturated rings. The smallest absolute Gasteiger partial charge is 0.422 e. The second-order valence-corrected chi connectivity index (χ2v) is 3.73. The number of rotatable bonds is 3. The van der Waals surface area contributed by atoms with E-state index in [4.69, 9.17) is 23.2 Å². The summed E-state index contributed by atoms with van der Waals surface area (Å²) in [6.45, 7) is -1.39. The van der Waals surface area contributed by atoms with Gasteiger partial charge in [0.15, 0.2) is 6.61 Å². The van der Waals surface area contributed by atoms with Crippen LogP contribution in [0.15, 0.2) is 12.1 Å². The number of benzene rings is 1. The predicted octanol–water partition coefficient (Wildman–Crippen LogP) is 3.98. The maximum Gasteiger partial charge on any atom is 0.422 e. The molecule has 0 aliphatic heterocycles. The molecule has 0 bridgehead atoms. The van der Waals surface area contributed by atoms with E-state index >= 15 is 0 Å². The molecule has 0 saturated heterocycles. The van der Waals surface area contributed by atoms with Crippen molar-refractivity contribution in [3.63, 3.8) is 0 Å². The van der Waals surface area contributed by atoms with Crippen LogP contribution in [0.5, 0.6) is 5.75 Å². The molecule has 0 radical (unpaired) electrons. The Labute approximate surface area is 100 Å². The van der Waals surface area contributed by atoms with Crippen LogP contribution in [0, 0.1) is 0 Å². The average Bonchev–Trinajstić information content (AvgIpc) is 2.15. The lowest BCUT2D eigenvalue weighted by molar-refractivity contribution is -0.153. The summed E-state index contributed by atoms with van der Waals surface area (Å²) in [5.74, 6) is -0.0623. The molecule has 1 rings (SSSR count). The van der Waals surface area contributed by atoms with Crippen molar-refractivity contribution in [1.82, 2.24) is 0 Å². The molecule has 1 aromatic carbocycles. The number of ether oxygens (including phenoxy) is 1. The van der Waals surface area contributed by atoms with Gasteiger partial charge in [-0.15, -0.1) is 0 Å². The van der Waals surface area contributed by atoms with Gasteiger partial charge in [0, 0.05) is 13.1 Å². The molecular formula is C9H8Cl2F3NO. The minimum Gasteiger partial charge on any atom is -0.482 e. The Hall–Kier alpha value is -0.810. The Morgan fingerprint density at radius 2 is 1.88 bits per heavy atom. The lowest BCUT2D eigenvalue weighted by atomic mass is 10.3. The highest BCUT2D eigenvalue weighted by molar-refractivity contribution is 6.37. The van der Waals surface area contributed by atoms with E-state index in [1.807, 2.05) is 0 Å². The van der Waals surface area contributed by atoms with Gasteiger partial charge in [-0.3, -0.25) is 0 Å². The van der Waals surface area contributed by atoms with Gasteiger partial charge in [0.25, 0.3) is 0 Å². The van der Waals surface area contributed by atoms with Gasteiger partial charge in [-0.25, -0.2) is 0 Å². The summed E-state index contributed by atoms with van der Waals surface area (Å²) in [6.07, 6.45) is -4.40. The number of nitrogens with one attached hydrogen (secondary N) is 1. The van der Waals surface area contributed by atoms with E-state index in [-0.39, 0.29) is 10.8 Å². The number of hydrogen-bond donors (Lipinski definition) is 1. The highest BCUT2D eigenvalue weighted by Crippen LogP contribution is 2.34. The van der Waals surface area contributed by atoms with Gasteiger partial charge in [-0.2, -0.15) is 13.2 Å². The molecule has 0 spiro atoms. The minimum absolute atomic E-state index is 0.0354. The molecule has 0 aromatic heterocycles. The van der Waals surface area contributed by atoms with Crippen molar-refractivity contribution >= 4 is 28.9 Å². The third-order valence-electron chi connectivity index (χ3n) is 1.68. The van der Waals surface area contributed by atoms with E-state index in [2.05, 4.69) is 10.1 Å². The van der Waals surface area contributed by atoms with Crippen molar-refractivity contribution < 1.29 is 17.9 Å². The molecule has 0 unspecified atom stereocenters.